The summed E-state index contributed by atoms with van der Waals surface area (Å²) in [6, 6.07) is 1.21. The summed E-state index contributed by atoms with van der Waals surface area (Å²) in [4.78, 5) is 3.61. The summed E-state index contributed by atoms with van der Waals surface area (Å²) in [5, 5.41) is 7.01. The third kappa shape index (κ3) is 1.74. The Morgan fingerprint density at radius 1 is 1.73 bits per heavy atom. The van der Waals surface area contributed by atoms with E-state index in [0.29, 0.717) is 4.47 Å². The van der Waals surface area contributed by atoms with Crippen LogP contribution in [0.4, 0.5) is 4.39 Å². The zero-order valence-electron chi connectivity index (χ0n) is 5.44. The van der Waals surface area contributed by atoms with Gasteiger partial charge in [0.1, 0.15) is 17.3 Å². The maximum Gasteiger partial charge on any atom is 0.142 e. The number of nitrogens with zero attached hydrogens (tertiary/aromatic N) is 1. The number of halogens is 2. The number of nitrogen functional groups attached to an aromatic ring is 1. The second-order valence-electron chi connectivity index (χ2n) is 1.90. The first-order valence-corrected chi connectivity index (χ1v) is 3.56. The van der Waals surface area contributed by atoms with Gasteiger partial charge in [0, 0.05) is 4.47 Å². The molecule has 0 spiro atoms. The first-order chi connectivity index (χ1) is 5.11. The van der Waals surface area contributed by atoms with Crippen molar-refractivity contribution in [2.24, 2.45) is 5.73 Å². The minimum absolute atomic E-state index is 0.183. The third-order valence-electron chi connectivity index (χ3n) is 1.06. The number of nitrogens with one attached hydrogen (secondary N) is 1. The Kier molecular flexibility index (Phi) is 2.19. The molecule has 5 heteroatoms. The predicted molar refractivity (Wildman–Crippen MR) is 42.9 cm³/mol. The molecule has 0 aliphatic rings. The van der Waals surface area contributed by atoms with Crippen LogP contribution >= 0.6 is 15.9 Å². The molecule has 0 unspecified atom stereocenters. The lowest BCUT2D eigenvalue weighted by Crippen LogP contribution is -2.13. The largest absolute Gasteiger partial charge is 0.382 e. The fraction of sp³-hybridized carbons (Fsp3) is 0. The van der Waals surface area contributed by atoms with Gasteiger partial charge in [0.05, 0.1) is 6.20 Å². The molecule has 11 heavy (non-hydrogen) atoms. The number of amidine groups is 1. The molecule has 0 atom stereocenters. The summed E-state index contributed by atoms with van der Waals surface area (Å²) in [6.07, 6.45) is 1.02. The van der Waals surface area contributed by atoms with Crippen molar-refractivity contribution < 1.29 is 4.39 Å². The highest BCUT2D eigenvalue weighted by molar-refractivity contribution is 9.10. The Balaban J connectivity index is 3.20. The maximum absolute atomic E-state index is 12.4. The minimum Gasteiger partial charge on any atom is -0.382 e. The number of hydrogen-bond acceptors (Lipinski definition) is 2. The van der Waals surface area contributed by atoms with Crippen molar-refractivity contribution in [3.05, 3.63) is 28.2 Å². The van der Waals surface area contributed by atoms with Crippen LogP contribution < -0.4 is 5.73 Å². The van der Waals surface area contributed by atoms with E-state index in [1.54, 1.807) is 0 Å². The van der Waals surface area contributed by atoms with Crippen molar-refractivity contribution in [3.8, 4) is 0 Å². The molecular formula is C6H5BrFN3. The summed E-state index contributed by atoms with van der Waals surface area (Å²) in [5.74, 6) is -0.640. The average molecular weight is 218 g/mol. The molecule has 1 rings (SSSR count). The quantitative estimate of drug-likeness (QED) is 0.550. The van der Waals surface area contributed by atoms with E-state index in [0.717, 1.165) is 6.20 Å². The first-order valence-electron chi connectivity index (χ1n) is 2.76. The van der Waals surface area contributed by atoms with Crippen molar-refractivity contribution in [1.82, 2.24) is 4.98 Å². The van der Waals surface area contributed by atoms with Gasteiger partial charge in [-0.1, -0.05) is 0 Å². The molecule has 0 aliphatic heterocycles. The lowest BCUT2D eigenvalue weighted by atomic mass is 10.3. The summed E-state index contributed by atoms with van der Waals surface area (Å²) in [6.45, 7) is 0. The number of nitrogens with two attached hydrogens (primary N) is 1. The average Bonchev–Trinajstić information content (AvgIpc) is 1.85. The number of hydrogen-bond donors (Lipinski definition) is 2. The molecule has 0 aliphatic carbocycles. The van der Waals surface area contributed by atoms with E-state index in [-0.39, 0.29) is 11.5 Å². The Morgan fingerprint density at radius 3 is 2.82 bits per heavy atom. The molecule has 0 saturated carbocycles. The molecule has 0 saturated heterocycles. The molecule has 3 nitrogen and oxygen atoms in total. The summed E-state index contributed by atoms with van der Waals surface area (Å²) in [7, 11) is 0. The van der Waals surface area contributed by atoms with Gasteiger partial charge in [0.25, 0.3) is 0 Å². The molecule has 0 amide bonds. The number of aromatic nitrogens is 1. The van der Waals surface area contributed by atoms with Crippen molar-refractivity contribution >= 4 is 21.8 Å². The van der Waals surface area contributed by atoms with Gasteiger partial charge in [-0.3, -0.25) is 5.41 Å². The van der Waals surface area contributed by atoms with Crippen LogP contribution in [0.15, 0.2) is 16.7 Å². The van der Waals surface area contributed by atoms with Crippen LogP contribution in [0.1, 0.15) is 5.69 Å². The lowest BCUT2D eigenvalue weighted by Gasteiger charge is -1.98. The smallest absolute Gasteiger partial charge is 0.142 e. The Hall–Kier alpha value is -0.970. The summed E-state index contributed by atoms with van der Waals surface area (Å²) in [5.41, 5.74) is 5.39. The van der Waals surface area contributed by atoms with E-state index in [1.807, 2.05) is 0 Å². The SMILES string of the molecule is N=C(N)c1ncc(F)cc1Br. The Bertz CT molecular complexity index is 300. The topological polar surface area (TPSA) is 62.8 Å². The van der Waals surface area contributed by atoms with Crippen molar-refractivity contribution in [2.45, 2.75) is 0 Å². The van der Waals surface area contributed by atoms with Crippen LogP contribution in [-0.2, 0) is 0 Å². The maximum atomic E-state index is 12.4. The summed E-state index contributed by atoms with van der Waals surface area (Å²) < 4.78 is 12.8. The number of rotatable bonds is 1. The van der Waals surface area contributed by atoms with Gasteiger partial charge in [-0.05, 0) is 22.0 Å². The van der Waals surface area contributed by atoms with Gasteiger partial charge in [0.2, 0.25) is 0 Å². The molecule has 0 aromatic carbocycles. The van der Waals surface area contributed by atoms with E-state index >= 15 is 0 Å². The van der Waals surface area contributed by atoms with E-state index in [1.165, 1.54) is 6.07 Å². The van der Waals surface area contributed by atoms with Crippen LogP contribution in [0.5, 0.6) is 0 Å². The van der Waals surface area contributed by atoms with Gasteiger partial charge >= 0.3 is 0 Å². The highest BCUT2D eigenvalue weighted by Crippen LogP contribution is 2.14. The van der Waals surface area contributed by atoms with Crippen molar-refractivity contribution in [3.63, 3.8) is 0 Å². The third-order valence-corrected chi connectivity index (χ3v) is 1.67. The fourth-order valence-electron chi connectivity index (χ4n) is 0.613. The predicted octanol–water partition coefficient (Wildman–Crippen LogP) is 1.27. The van der Waals surface area contributed by atoms with Crippen molar-refractivity contribution in [2.75, 3.05) is 0 Å². The van der Waals surface area contributed by atoms with E-state index in [2.05, 4.69) is 20.9 Å². The second kappa shape index (κ2) is 2.96. The fourth-order valence-corrected chi connectivity index (χ4v) is 1.15. The molecular weight excluding hydrogens is 213 g/mol. The molecule has 58 valence electrons. The molecule has 1 heterocycles. The normalized spacial score (nSPS) is 9.64. The second-order valence-corrected chi connectivity index (χ2v) is 2.75. The van der Waals surface area contributed by atoms with Crippen LogP contribution in [0, 0.1) is 11.2 Å². The molecule has 1 aromatic heterocycles. The molecule has 1 aromatic rings. The summed E-state index contributed by atoms with van der Waals surface area (Å²) >= 11 is 3.02. The Morgan fingerprint density at radius 2 is 2.36 bits per heavy atom. The van der Waals surface area contributed by atoms with Crippen LogP contribution in [-0.4, -0.2) is 10.8 Å². The van der Waals surface area contributed by atoms with Crippen molar-refractivity contribution in [1.29, 1.82) is 5.41 Å². The minimum atomic E-state index is -0.457. The zero-order chi connectivity index (χ0) is 8.43. The van der Waals surface area contributed by atoms with Crippen LogP contribution in [0.2, 0.25) is 0 Å². The standard InChI is InChI=1S/C6H5BrFN3/c7-4-1-3(8)2-11-5(4)6(9)10/h1-2H,(H3,9,10). The van der Waals surface area contributed by atoms with E-state index < -0.39 is 5.82 Å². The highest BCUT2D eigenvalue weighted by atomic mass is 79.9. The molecule has 0 bridgehead atoms. The van der Waals surface area contributed by atoms with Crippen LogP contribution in [0.25, 0.3) is 0 Å². The van der Waals surface area contributed by atoms with Crippen LogP contribution in [0.3, 0.4) is 0 Å². The molecule has 0 fully saturated rings. The van der Waals surface area contributed by atoms with Gasteiger partial charge in [-0.15, -0.1) is 0 Å². The lowest BCUT2D eigenvalue weighted by molar-refractivity contribution is 0.620. The van der Waals surface area contributed by atoms with Gasteiger partial charge in [0.15, 0.2) is 0 Å². The molecule has 0 radical (unpaired) electrons. The monoisotopic (exact) mass is 217 g/mol. The molecule has 3 N–H and O–H groups in total. The van der Waals surface area contributed by atoms with Gasteiger partial charge in [-0.25, -0.2) is 9.37 Å². The highest BCUT2D eigenvalue weighted by Gasteiger charge is 2.04. The first kappa shape index (κ1) is 8.13. The number of pyridine rings is 1. The van der Waals surface area contributed by atoms with E-state index in [4.69, 9.17) is 11.1 Å². The van der Waals surface area contributed by atoms with E-state index in [9.17, 15) is 4.39 Å². The zero-order valence-corrected chi connectivity index (χ0v) is 7.02. The van der Waals surface area contributed by atoms with Gasteiger partial charge < -0.3 is 5.73 Å². The van der Waals surface area contributed by atoms with Gasteiger partial charge in [-0.2, -0.15) is 0 Å². The Labute approximate surface area is 71.1 Å².